The Morgan fingerprint density at radius 1 is 1.22 bits per heavy atom. The molecule has 3 heterocycles. The molecule has 0 spiro atoms. The number of likely N-dealkylation sites (tertiary alicyclic amines) is 1. The molecule has 0 radical (unpaired) electrons. The lowest BCUT2D eigenvalue weighted by Gasteiger charge is -2.28. The van der Waals surface area contributed by atoms with E-state index in [1.54, 1.807) is 18.2 Å². The third-order valence-corrected chi connectivity index (χ3v) is 8.32. The smallest absolute Gasteiger partial charge is 0.274 e. The first-order valence-electron chi connectivity index (χ1n) is 12.4. The van der Waals surface area contributed by atoms with Crippen LogP contribution < -0.4 is 10.1 Å². The minimum atomic E-state index is -0.347. The Balaban J connectivity index is 1.21. The van der Waals surface area contributed by atoms with Crippen LogP contribution >= 0.6 is 11.3 Å². The van der Waals surface area contributed by atoms with E-state index in [1.165, 1.54) is 23.5 Å². The van der Waals surface area contributed by atoms with Crippen molar-refractivity contribution < 1.29 is 18.7 Å². The molecular formula is C28H28FN3O3S. The molecule has 1 saturated carbocycles. The van der Waals surface area contributed by atoms with Crippen LogP contribution in [-0.2, 0) is 6.42 Å². The van der Waals surface area contributed by atoms with Gasteiger partial charge in [0.15, 0.2) is 0 Å². The summed E-state index contributed by atoms with van der Waals surface area (Å²) in [7, 11) is 0. The van der Waals surface area contributed by atoms with Crippen LogP contribution in [0, 0.1) is 18.7 Å². The molecule has 0 bridgehead atoms. The SMILES string of the molecule is Cc1nc(C(=O)N2[C@H](CNC(=O)c3cccc4c3OC(C)(C)C4)C[C@@H]3C[C@@H]32)c(-c2cccc(F)c2)s1. The van der Waals surface area contributed by atoms with Gasteiger partial charge in [-0.25, -0.2) is 9.37 Å². The van der Waals surface area contributed by atoms with E-state index in [0.717, 1.165) is 29.8 Å². The molecule has 8 heteroatoms. The third kappa shape index (κ3) is 4.07. The van der Waals surface area contributed by atoms with E-state index >= 15 is 0 Å². The molecule has 2 aliphatic heterocycles. The zero-order valence-corrected chi connectivity index (χ0v) is 21.3. The maximum absolute atomic E-state index is 13.9. The fraction of sp³-hybridized carbons (Fsp3) is 0.393. The van der Waals surface area contributed by atoms with Gasteiger partial charge in [-0.3, -0.25) is 9.59 Å². The maximum atomic E-state index is 13.9. The predicted octanol–water partition coefficient (Wildman–Crippen LogP) is 5.00. The number of carbonyl (C=O) groups is 2. The summed E-state index contributed by atoms with van der Waals surface area (Å²) in [5.41, 5.74) is 2.25. The van der Waals surface area contributed by atoms with Crippen molar-refractivity contribution >= 4 is 23.2 Å². The zero-order chi connectivity index (χ0) is 25.2. The monoisotopic (exact) mass is 505 g/mol. The highest BCUT2D eigenvalue weighted by molar-refractivity contribution is 7.15. The first-order valence-corrected chi connectivity index (χ1v) is 13.2. The van der Waals surface area contributed by atoms with Gasteiger partial charge in [0.1, 0.15) is 22.9 Å². The number of aromatic nitrogens is 1. The number of carbonyl (C=O) groups excluding carboxylic acids is 2. The standard InChI is InChI=1S/C28H28FN3O3S/c1-15-31-23(25(36-15)16-6-4-8-19(29)10-16)27(34)32-20(11-18-12-22(18)32)14-30-26(33)21-9-5-7-17-13-28(2,3)35-24(17)21/h4-10,18,20,22H,11-14H2,1-3H3,(H,30,33)/t18-,20+,22+/m1/s1. The minimum absolute atomic E-state index is 0.110. The molecule has 6 nitrogen and oxygen atoms in total. The van der Waals surface area contributed by atoms with E-state index in [-0.39, 0.29) is 35.3 Å². The minimum Gasteiger partial charge on any atom is -0.486 e. The van der Waals surface area contributed by atoms with Gasteiger partial charge in [-0.1, -0.05) is 24.3 Å². The molecule has 2 aromatic carbocycles. The van der Waals surface area contributed by atoms with E-state index < -0.39 is 0 Å². The van der Waals surface area contributed by atoms with E-state index in [1.807, 2.05) is 37.8 Å². The number of benzene rings is 2. The van der Waals surface area contributed by atoms with Gasteiger partial charge in [-0.15, -0.1) is 11.3 Å². The largest absolute Gasteiger partial charge is 0.486 e. The fourth-order valence-corrected chi connectivity index (χ4v) is 6.58. The summed E-state index contributed by atoms with van der Waals surface area (Å²) < 4.78 is 20.0. The molecule has 6 rings (SSSR count). The average Bonchev–Trinajstić information content (AvgIpc) is 3.16. The second kappa shape index (κ2) is 8.40. The van der Waals surface area contributed by atoms with E-state index in [2.05, 4.69) is 10.3 Å². The van der Waals surface area contributed by atoms with E-state index in [4.69, 9.17) is 4.74 Å². The van der Waals surface area contributed by atoms with E-state index in [0.29, 0.717) is 39.9 Å². The van der Waals surface area contributed by atoms with Crippen LogP contribution in [0.25, 0.3) is 10.4 Å². The molecule has 0 unspecified atom stereocenters. The lowest BCUT2D eigenvalue weighted by atomic mass is 10.0. The number of nitrogens with one attached hydrogen (secondary N) is 1. The van der Waals surface area contributed by atoms with Crippen molar-refractivity contribution in [2.24, 2.45) is 5.92 Å². The number of hydrogen-bond donors (Lipinski definition) is 1. The molecule has 3 atom stereocenters. The number of fused-ring (bicyclic) bond motifs is 2. The number of halogens is 1. The maximum Gasteiger partial charge on any atom is 0.274 e. The molecular weight excluding hydrogens is 477 g/mol. The predicted molar refractivity (Wildman–Crippen MR) is 136 cm³/mol. The van der Waals surface area contributed by atoms with Gasteiger partial charge in [0.25, 0.3) is 11.8 Å². The van der Waals surface area contributed by atoms with Crippen molar-refractivity contribution in [3.05, 3.63) is 70.1 Å². The molecule has 1 aromatic heterocycles. The van der Waals surface area contributed by atoms with Gasteiger partial charge in [-0.2, -0.15) is 0 Å². The highest BCUT2D eigenvalue weighted by Gasteiger charge is 2.54. The zero-order valence-electron chi connectivity index (χ0n) is 20.5. The first-order chi connectivity index (χ1) is 17.2. The lowest BCUT2D eigenvalue weighted by Crippen LogP contribution is -2.45. The molecule has 3 aromatic rings. The number of hydrogen-bond acceptors (Lipinski definition) is 5. The number of aryl methyl sites for hydroxylation is 1. The molecule has 3 aliphatic rings. The Kier molecular flexibility index (Phi) is 5.41. The van der Waals surface area contributed by atoms with Crippen LogP contribution in [-0.4, -0.2) is 45.9 Å². The summed E-state index contributed by atoms with van der Waals surface area (Å²) in [5, 5.41) is 3.81. The van der Waals surface area contributed by atoms with Crippen LogP contribution in [0.1, 0.15) is 58.1 Å². The summed E-state index contributed by atoms with van der Waals surface area (Å²) in [4.78, 5) is 34.0. The van der Waals surface area contributed by atoms with Crippen molar-refractivity contribution in [1.82, 2.24) is 15.2 Å². The normalized spacial score (nSPS) is 23.1. The number of para-hydroxylation sites is 1. The van der Waals surface area contributed by atoms with Gasteiger partial charge in [-0.05, 0) is 68.9 Å². The summed E-state index contributed by atoms with van der Waals surface area (Å²) in [6, 6.07) is 12.0. The van der Waals surface area contributed by atoms with E-state index in [9.17, 15) is 14.0 Å². The number of rotatable bonds is 5. The molecule has 2 amide bonds. The number of piperidine rings is 1. The summed E-state index contributed by atoms with van der Waals surface area (Å²) >= 11 is 1.40. The van der Waals surface area contributed by atoms with Crippen LogP contribution in [0.5, 0.6) is 5.75 Å². The molecule has 1 aliphatic carbocycles. The van der Waals surface area contributed by atoms with Crippen molar-refractivity contribution in [3.63, 3.8) is 0 Å². The van der Waals surface area contributed by atoms with Crippen LogP contribution in [0.4, 0.5) is 4.39 Å². The molecule has 36 heavy (non-hydrogen) atoms. The fourth-order valence-electron chi connectivity index (χ4n) is 5.68. The second-order valence-corrected chi connectivity index (χ2v) is 11.8. The number of ether oxygens (including phenoxy) is 1. The summed E-state index contributed by atoms with van der Waals surface area (Å²) in [6.45, 7) is 6.25. The van der Waals surface area contributed by atoms with Crippen LogP contribution in [0.3, 0.4) is 0 Å². The molecule has 1 saturated heterocycles. The third-order valence-electron chi connectivity index (χ3n) is 7.30. The summed E-state index contributed by atoms with van der Waals surface area (Å²) in [6.07, 6.45) is 2.59. The van der Waals surface area contributed by atoms with Crippen molar-refractivity contribution in [2.75, 3.05) is 6.54 Å². The van der Waals surface area contributed by atoms with Gasteiger partial charge in [0.2, 0.25) is 0 Å². The molecule has 1 N–H and O–H groups in total. The van der Waals surface area contributed by atoms with Crippen LogP contribution in [0.15, 0.2) is 42.5 Å². The van der Waals surface area contributed by atoms with Gasteiger partial charge in [0.05, 0.1) is 21.5 Å². The number of amides is 2. The van der Waals surface area contributed by atoms with Crippen molar-refractivity contribution in [3.8, 4) is 16.2 Å². The molecule has 186 valence electrons. The quantitative estimate of drug-likeness (QED) is 0.530. The Hall–Kier alpha value is -3.26. The van der Waals surface area contributed by atoms with Crippen molar-refractivity contribution in [1.29, 1.82) is 0 Å². The highest BCUT2D eigenvalue weighted by Crippen LogP contribution is 2.49. The van der Waals surface area contributed by atoms with Crippen LogP contribution in [0.2, 0.25) is 0 Å². The topological polar surface area (TPSA) is 71.5 Å². The first kappa shape index (κ1) is 23.2. The molecule has 2 fully saturated rings. The average molecular weight is 506 g/mol. The Labute approximate surface area is 213 Å². The number of nitrogens with zero attached hydrogens (tertiary/aromatic N) is 2. The summed E-state index contributed by atoms with van der Waals surface area (Å²) in [5.74, 6) is 0.426. The van der Waals surface area contributed by atoms with Gasteiger partial charge in [0, 0.05) is 19.0 Å². The Morgan fingerprint density at radius 2 is 2.03 bits per heavy atom. The number of thiazole rings is 1. The second-order valence-electron chi connectivity index (χ2n) is 10.6. The van der Waals surface area contributed by atoms with Gasteiger partial charge >= 0.3 is 0 Å². The lowest BCUT2D eigenvalue weighted by molar-refractivity contribution is 0.0683. The van der Waals surface area contributed by atoms with Crippen molar-refractivity contribution in [2.45, 2.75) is 57.7 Å². The Bertz CT molecular complexity index is 1380. The van der Waals surface area contributed by atoms with Gasteiger partial charge < -0.3 is 15.0 Å². The Morgan fingerprint density at radius 3 is 2.83 bits per heavy atom. The highest BCUT2D eigenvalue weighted by atomic mass is 32.1.